The van der Waals surface area contributed by atoms with Crippen molar-refractivity contribution in [3.05, 3.63) is 0 Å². The zero-order chi connectivity index (χ0) is 12.3. The molecule has 1 rings (SSSR count). The minimum absolute atomic E-state index is 0.0292. The number of hydrogen-bond acceptors (Lipinski definition) is 3. The van der Waals surface area contributed by atoms with Gasteiger partial charge in [0.25, 0.3) is 10.2 Å². The highest BCUT2D eigenvalue weighted by molar-refractivity contribution is 7.87. The Bertz CT molecular complexity index is 308. The van der Waals surface area contributed by atoms with E-state index in [0.29, 0.717) is 13.1 Å². The zero-order valence-corrected chi connectivity index (χ0v) is 11.3. The Kier molecular flexibility index (Phi) is 4.73. The quantitative estimate of drug-likeness (QED) is 0.800. The molecule has 0 radical (unpaired) electrons. The number of rotatable bonds is 4. The second-order valence-electron chi connectivity index (χ2n) is 4.51. The Morgan fingerprint density at radius 1 is 1.38 bits per heavy atom. The summed E-state index contributed by atoms with van der Waals surface area (Å²) in [6.45, 7) is 8.46. The van der Waals surface area contributed by atoms with Crippen molar-refractivity contribution in [3.8, 4) is 0 Å². The number of nitrogens with zero attached hydrogens (tertiary/aromatic N) is 1. The van der Waals surface area contributed by atoms with E-state index in [1.54, 1.807) is 0 Å². The molecule has 0 aromatic heterocycles. The van der Waals surface area contributed by atoms with E-state index in [1.165, 1.54) is 4.31 Å². The third-order valence-electron chi connectivity index (χ3n) is 2.69. The Hall–Kier alpha value is -0.170. The number of morpholine rings is 1. The van der Waals surface area contributed by atoms with E-state index < -0.39 is 10.2 Å². The Balaban J connectivity index is 2.67. The van der Waals surface area contributed by atoms with Crippen molar-refractivity contribution in [1.82, 2.24) is 9.03 Å². The van der Waals surface area contributed by atoms with Crippen molar-refractivity contribution in [2.45, 2.75) is 52.4 Å². The summed E-state index contributed by atoms with van der Waals surface area (Å²) in [5, 5.41) is 0. The molecule has 1 aliphatic heterocycles. The molecule has 96 valence electrons. The summed E-state index contributed by atoms with van der Waals surface area (Å²) in [7, 11) is -3.36. The van der Waals surface area contributed by atoms with E-state index in [0.717, 1.165) is 6.42 Å². The number of nitrogens with one attached hydrogen (secondary N) is 1. The Morgan fingerprint density at radius 2 is 1.88 bits per heavy atom. The lowest BCUT2D eigenvalue weighted by atomic mass is 10.3. The van der Waals surface area contributed by atoms with Crippen molar-refractivity contribution in [2.24, 2.45) is 0 Å². The molecule has 1 saturated heterocycles. The van der Waals surface area contributed by atoms with Gasteiger partial charge in [-0.05, 0) is 27.2 Å². The van der Waals surface area contributed by atoms with Gasteiger partial charge in [0.2, 0.25) is 0 Å². The summed E-state index contributed by atoms with van der Waals surface area (Å²) in [6.07, 6.45) is 0.698. The van der Waals surface area contributed by atoms with Gasteiger partial charge in [-0.3, -0.25) is 0 Å². The Labute approximate surface area is 98.3 Å². The largest absolute Gasteiger partial charge is 0.373 e. The highest BCUT2D eigenvalue weighted by atomic mass is 32.2. The van der Waals surface area contributed by atoms with Crippen LogP contribution in [0.1, 0.15) is 34.1 Å². The minimum atomic E-state index is -3.36. The van der Waals surface area contributed by atoms with Gasteiger partial charge < -0.3 is 4.74 Å². The maximum Gasteiger partial charge on any atom is 0.279 e. The molecule has 1 aliphatic rings. The second-order valence-corrected chi connectivity index (χ2v) is 6.21. The second kappa shape index (κ2) is 5.44. The highest BCUT2D eigenvalue weighted by Gasteiger charge is 2.31. The zero-order valence-electron chi connectivity index (χ0n) is 10.4. The van der Waals surface area contributed by atoms with E-state index in [9.17, 15) is 8.42 Å². The third-order valence-corrected chi connectivity index (χ3v) is 4.37. The lowest BCUT2D eigenvalue weighted by Crippen LogP contribution is -2.53. The van der Waals surface area contributed by atoms with Crippen molar-refractivity contribution < 1.29 is 13.2 Å². The van der Waals surface area contributed by atoms with Crippen LogP contribution in [0, 0.1) is 0 Å². The van der Waals surface area contributed by atoms with Crippen LogP contribution in [0.2, 0.25) is 0 Å². The van der Waals surface area contributed by atoms with Crippen LogP contribution in [0.5, 0.6) is 0 Å². The fourth-order valence-electron chi connectivity index (χ4n) is 1.74. The fraction of sp³-hybridized carbons (Fsp3) is 1.00. The maximum absolute atomic E-state index is 12.0. The van der Waals surface area contributed by atoms with Crippen LogP contribution in [0.15, 0.2) is 0 Å². The molecule has 0 unspecified atom stereocenters. The lowest BCUT2D eigenvalue weighted by molar-refractivity contribution is -0.0444. The molecule has 1 heterocycles. The van der Waals surface area contributed by atoms with Crippen LogP contribution in [0.3, 0.4) is 0 Å². The monoisotopic (exact) mass is 250 g/mol. The summed E-state index contributed by atoms with van der Waals surface area (Å²) < 4.78 is 33.6. The summed E-state index contributed by atoms with van der Waals surface area (Å²) in [6, 6.07) is -0.0292. The molecule has 0 spiro atoms. The van der Waals surface area contributed by atoms with Crippen LogP contribution in [-0.2, 0) is 14.9 Å². The predicted octanol–water partition coefficient (Wildman–Crippen LogP) is 0.728. The topological polar surface area (TPSA) is 58.6 Å². The normalized spacial score (nSPS) is 30.2. The lowest BCUT2D eigenvalue weighted by Gasteiger charge is -2.34. The van der Waals surface area contributed by atoms with E-state index in [4.69, 9.17) is 4.74 Å². The summed E-state index contributed by atoms with van der Waals surface area (Å²) >= 11 is 0. The van der Waals surface area contributed by atoms with Crippen molar-refractivity contribution >= 4 is 10.2 Å². The molecule has 0 bridgehead atoms. The standard InChI is InChI=1S/C10H22N2O3S/c1-5-8(2)11-16(13,14)12-6-9(3)15-10(4)7-12/h8-11H,5-7H2,1-4H3/t8-,9+,10+/m0/s1. The van der Waals surface area contributed by atoms with E-state index in [2.05, 4.69) is 4.72 Å². The average molecular weight is 250 g/mol. The molecule has 5 nitrogen and oxygen atoms in total. The van der Waals surface area contributed by atoms with E-state index in [1.807, 2.05) is 27.7 Å². The summed E-state index contributed by atoms with van der Waals surface area (Å²) in [4.78, 5) is 0. The van der Waals surface area contributed by atoms with Gasteiger partial charge in [0.1, 0.15) is 0 Å². The molecule has 6 heteroatoms. The molecule has 1 fully saturated rings. The molecule has 0 amide bonds. The van der Waals surface area contributed by atoms with Gasteiger partial charge in [-0.25, -0.2) is 0 Å². The van der Waals surface area contributed by atoms with Gasteiger partial charge >= 0.3 is 0 Å². The third kappa shape index (κ3) is 3.69. The molecule has 0 saturated carbocycles. The van der Waals surface area contributed by atoms with Gasteiger partial charge in [0.05, 0.1) is 12.2 Å². The average Bonchev–Trinajstić information content (AvgIpc) is 2.15. The summed E-state index contributed by atoms with van der Waals surface area (Å²) in [5.74, 6) is 0. The molecule has 0 aromatic rings. The fourth-order valence-corrected chi connectivity index (χ4v) is 3.38. The molecular formula is C10H22N2O3S. The molecule has 1 N–H and O–H groups in total. The van der Waals surface area contributed by atoms with Crippen LogP contribution in [0.4, 0.5) is 0 Å². The van der Waals surface area contributed by atoms with Gasteiger partial charge in [0, 0.05) is 19.1 Å². The molecule has 16 heavy (non-hydrogen) atoms. The first-order chi connectivity index (χ1) is 7.35. The van der Waals surface area contributed by atoms with Crippen molar-refractivity contribution in [1.29, 1.82) is 0 Å². The first-order valence-electron chi connectivity index (χ1n) is 5.78. The van der Waals surface area contributed by atoms with Gasteiger partial charge in [0.15, 0.2) is 0 Å². The van der Waals surface area contributed by atoms with E-state index >= 15 is 0 Å². The molecule has 3 atom stereocenters. The van der Waals surface area contributed by atoms with Gasteiger partial charge in [-0.1, -0.05) is 6.92 Å². The first-order valence-corrected chi connectivity index (χ1v) is 7.22. The SMILES string of the molecule is CC[C@H](C)NS(=O)(=O)N1C[C@@H](C)O[C@H](C)C1. The van der Waals surface area contributed by atoms with Crippen LogP contribution in [0.25, 0.3) is 0 Å². The smallest absolute Gasteiger partial charge is 0.279 e. The van der Waals surface area contributed by atoms with Gasteiger partial charge in [-0.15, -0.1) is 0 Å². The molecule has 0 aliphatic carbocycles. The number of ether oxygens (including phenoxy) is 1. The van der Waals surface area contributed by atoms with Crippen LogP contribution in [-0.4, -0.2) is 44.1 Å². The van der Waals surface area contributed by atoms with Crippen molar-refractivity contribution in [2.75, 3.05) is 13.1 Å². The van der Waals surface area contributed by atoms with Gasteiger partial charge in [-0.2, -0.15) is 17.4 Å². The minimum Gasteiger partial charge on any atom is -0.373 e. The molecular weight excluding hydrogens is 228 g/mol. The molecule has 0 aromatic carbocycles. The van der Waals surface area contributed by atoms with E-state index in [-0.39, 0.29) is 18.2 Å². The summed E-state index contributed by atoms with van der Waals surface area (Å²) in [5.41, 5.74) is 0. The maximum atomic E-state index is 12.0. The Morgan fingerprint density at radius 3 is 2.31 bits per heavy atom. The van der Waals surface area contributed by atoms with Crippen molar-refractivity contribution in [3.63, 3.8) is 0 Å². The van der Waals surface area contributed by atoms with Crippen LogP contribution >= 0.6 is 0 Å². The van der Waals surface area contributed by atoms with Crippen LogP contribution < -0.4 is 4.72 Å². The number of hydrogen-bond donors (Lipinski definition) is 1. The predicted molar refractivity (Wildman–Crippen MR) is 63.4 cm³/mol. The highest BCUT2D eigenvalue weighted by Crippen LogP contribution is 2.13. The first kappa shape index (κ1) is 13.9.